The van der Waals surface area contributed by atoms with E-state index in [0.29, 0.717) is 12.6 Å². The molecule has 4 rings (SSSR count). The number of hydrogen-bond donors (Lipinski definition) is 1. The highest BCUT2D eigenvalue weighted by Gasteiger charge is 2.31. The summed E-state index contributed by atoms with van der Waals surface area (Å²) in [6.45, 7) is 6.90. The van der Waals surface area contributed by atoms with Crippen molar-refractivity contribution in [2.75, 3.05) is 16.8 Å². The Morgan fingerprint density at radius 2 is 1.55 bits per heavy atom. The number of esters is 1. The molecule has 0 aromatic heterocycles. The third-order valence-electron chi connectivity index (χ3n) is 6.12. The molecule has 3 aromatic rings. The summed E-state index contributed by atoms with van der Waals surface area (Å²) >= 11 is 0. The van der Waals surface area contributed by atoms with E-state index in [1.54, 1.807) is 0 Å². The highest BCUT2D eigenvalue weighted by molar-refractivity contribution is 5.71. The summed E-state index contributed by atoms with van der Waals surface area (Å²) in [5.41, 5.74) is 7.35. The smallest absolute Gasteiger partial charge is 0.302 e. The summed E-state index contributed by atoms with van der Waals surface area (Å²) in [7, 11) is 0. The monoisotopic (exact) mass is 442 g/mol. The van der Waals surface area contributed by atoms with Gasteiger partial charge < -0.3 is 15.0 Å². The Morgan fingerprint density at radius 1 is 0.939 bits per heavy atom. The van der Waals surface area contributed by atoms with Gasteiger partial charge in [0.25, 0.3) is 0 Å². The molecule has 0 saturated heterocycles. The molecule has 1 saturated carbocycles. The molecule has 1 aliphatic rings. The van der Waals surface area contributed by atoms with Gasteiger partial charge in [0.15, 0.2) is 0 Å². The van der Waals surface area contributed by atoms with E-state index >= 15 is 0 Å². The molecule has 1 atom stereocenters. The lowest BCUT2D eigenvalue weighted by Crippen LogP contribution is -2.31. The van der Waals surface area contributed by atoms with Crippen LogP contribution in [0, 0.1) is 13.8 Å². The largest absolute Gasteiger partial charge is 0.464 e. The van der Waals surface area contributed by atoms with Gasteiger partial charge in [0.05, 0.1) is 17.4 Å². The summed E-state index contributed by atoms with van der Waals surface area (Å²) in [6, 6.07) is 26.4. The zero-order valence-corrected chi connectivity index (χ0v) is 19.9. The number of hydrogen-bond acceptors (Lipinski definition) is 4. The first-order valence-electron chi connectivity index (χ1n) is 11.8. The Morgan fingerprint density at radius 3 is 2.15 bits per heavy atom. The third-order valence-corrected chi connectivity index (χ3v) is 6.12. The number of carbonyl (C=O) groups excluding carboxylic acids is 1. The summed E-state index contributed by atoms with van der Waals surface area (Å²) in [5.74, 6) is -0.252. The van der Waals surface area contributed by atoms with Crippen LogP contribution in [0.15, 0.2) is 72.8 Å². The summed E-state index contributed by atoms with van der Waals surface area (Å²) in [4.78, 5) is 14.1. The second-order valence-electron chi connectivity index (χ2n) is 9.20. The van der Waals surface area contributed by atoms with E-state index < -0.39 is 0 Å². The van der Waals surface area contributed by atoms with Gasteiger partial charge in [0, 0.05) is 19.5 Å². The van der Waals surface area contributed by atoms with Crippen LogP contribution in [0.25, 0.3) is 0 Å². The molecule has 0 bridgehead atoms. The zero-order chi connectivity index (χ0) is 23.2. The van der Waals surface area contributed by atoms with Crippen molar-refractivity contribution in [3.63, 3.8) is 0 Å². The quantitative estimate of drug-likeness (QED) is 0.388. The molecule has 172 valence electrons. The first kappa shape index (κ1) is 22.9. The fraction of sp³-hybridized carbons (Fsp3) is 0.345. The van der Waals surface area contributed by atoms with Gasteiger partial charge in [0.1, 0.15) is 6.61 Å². The number of benzene rings is 3. The van der Waals surface area contributed by atoms with Gasteiger partial charge in [-0.3, -0.25) is 4.79 Å². The second kappa shape index (κ2) is 10.6. The molecule has 0 spiro atoms. The standard InChI is InChI=1S/C29H34N2O2/c1-21-8-12-24(13-9-21)18-26(20-33-23(3)32)30-28-6-4-5-7-29(28)31(27-16-17-27)19-25-14-10-22(2)11-15-25/h4-15,26-27,30H,16-20H2,1-3H3/t26-/m0/s1. The van der Waals surface area contributed by atoms with Gasteiger partial charge in [-0.05, 0) is 56.4 Å². The molecule has 1 aliphatic carbocycles. The van der Waals surface area contributed by atoms with E-state index in [-0.39, 0.29) is 12.0 Å². The normalized spacial score (nSPS) is 13.9. The molecule has 1 fully saturated rings. The Kier molecular flexibility index (Phi) is 7.33. The van der Waals surface area contributed by atoms with E-state index in [9.17, 15) is 4.79 Å². The van der Waals surface area contributed by atoms with Crippen LogP contribution in [0.2, 0.25) is 0 Å². The third kappa shape index (κ3) is 6.61. The predicted molar refractivity (Wildman–Crippen MR) is 136 cm³/mol. The molecule has 3 aromatic carbocycles. The summed E-state index contributed by atoms with van der Waals surface area (Å²) in [5, 5.41) is 3.71. The average molecular weight is 443 g/mol. The van der Waals surface area contributed by atoms with E-state index in [1.807, 2.05) is 0 Å². The van der Waals surface area contributed by atoms with Gasteiger partial charge in [-0.1, -0.05) is 71.8 Å². The molecular formula is C29H34N2O2. The lowest BCUT2D eigenvalue weighted by atomic mass is 10.0. The number of carbonyl (C=O) groups is 1. The summed E-state index contributed by atoms with van der Waals surface area (Å²) in [6.07, 6.45) is 3.23. The van der Waals surface area contributed by atoms with Gasteiger partial charge in [0.2, 0.25) is 0 Å². The predicted octanol–water partition coefficient (Wildman–Crippen LogP) is 6.06. The van der Waals surface area contributed by atoms with E-state index in [0.717, 1.165) is 18.7 Å². The minimum absolute atomic E-state index is 0.0156. The number of aryl methyl sites for hydroxylation is 2. The zero-order valence-electron chi connectivity index (χ0n) is 19.9. The minimum atomic E-state index is -0.252. The Bertz CT molecular complexity index is 1060. The van der Waals surface area contributed by atoms with Gasteiger partial charge in [-0.25, -0.2) is 0 Å². The first-order valence-corrected chi connectivity index (χ1v) is 11.8. The molecule has 0 aliphatic heterocycles. The number of ether oxygens (including phenoxy) is 1. The molecule has 1 N–H and O–H groups in total. The molecule has 0 unspecified atom stereocenters. The highest BCUT2D eigenvalue weighted by Crippen LogP contribution is 2.37. The second-order valence-corrected chi connectivity index (χ2v) is 9.20. The van der Waals surface area contributed by atoms with Crippen molar-refractivity contribution in [2.24, 2.45) is 0 Å². The topological polar surface area (TPSA) is 41.6 Å². The number of nitrogens with zero attached hydrogens (tertiary/aromatic N) is 1. The van der Waals surface area contributed by atoms with Crippen LogP contribution in [-0.4, -0.2) is 24.7 Å². The minimum Gasteiger partial charge on any atom is -0.464 e. The SMILES string of the molecule is CC(=O)OC[C@H](Cc1ccc(C)cc1)Nc1ccccc1N(Cc1ccc(C)cc1)C1CC1. The number of rotatable bonds is 10. The van der Waals surface area contributed by atoms with Crippen molar-refractivity contribution in [1.29, 1.82) is 0 Å². The van der Waals surface area contributed by atoms with E-state index in [4.69, 9.17) is 4.74 Å². The van der Waals surface area contributed by atoms with Crippen LogP contribution in [-0.2, 0) is 22.5 Å². The lowest BCUT2D eigenvalue weighted by molar-refractivity contribution is -0.141. The van der Waals surface area contributed by atoms with Crippen LogP contribution >= 0.6 is 0 Å². The number of para-hydroxylation sites is 2. The van der Waals surface area contributed by atoms with E-state index in [2.05, 4.69) is 96.9 Å². The maximum Gasteiger partial charge on any atom is 0.302 e. The van der Waals surface area contributed by atoms with Crippen LogP contribution in [0.4, 0.5) is 11.4 Å². The fourth-order valence-electron chi connectivity index (χ4n) is 4.13. The van der Waals surface area contributed by atoms with Crippen LogP contribution in [0.1, 0.15) is 42.0 Å². The van der Waals surface area contributed by atoms with Crippen LogP contribution in [0.5, 0.6) is 0 Å². The van der Waals surface area contributed by atoms with Gasteiger partial charge in [-0.15, -0.1) is 0 Å². The highest BCUT2D eigenvalue weighted by atomic mass is 16.5. The van der Waals surface area contributed by atoms with Crippen molar-refractivity contribution in [1.82, 2.24) is 0 Å². The molecular weight excluding hydrogens is 408 g/mol. The average Bonchev–Trinajstić information content (AvgIpc) is 3.64. The maximum atomic E-state index is 11.5. The van der Waals surface area contributed by atoms with Crippen molar-refractivity contribution in [3.8, 4) is 0 Å². The van der Waals surface area contributed by atoms with Gasteiger partial charge in [-0.2, -0.15) is 0 Å². The lowest BCUT2D eigenvalue weighted by Gasteiger charge is -2.29. The summed E-state index contributed by atoms with van der Waals surface area (Å²) < 4.78 is 5.42. The molecule has 0 radical (unpaired) electrons. The van der Waals surface area contributed by atoms with Gasteiger partial charge >= 0.3 is 5.97 Å². The van der Waals surface area contributed by atoms with Crippen molar-refractivity contribution >= 4 is 17.3 Å². The Labute approximate surface area is 197 Å². The first-order chi connectivity index (χ1) is 16.0. The molecule has 4 nitrogen and oxygen atoms in total. The maximum absolute atomic E-state index is 11.5. The molecule has 0 amide bonds. The molecule has 0 heterocycles. The molecule has 4 heteroatoms. The molecule has 33 heavy (non-hydrogen) atoms. The van der Waals surface area contributed by atoms with E-state index in [1.165, 1.54) is 47.7 Å². The van der Waals surface area contributed by atoms with Crippen molar-refractivity contribution in [3.05, 3.63) is 95.1 Å². The van der Waals surface area contributed by atoms with Crippen molar-refractivity contribution in [2.45, 2.75) is 58.7 Å². The van der Waals surface area contributed by atoms with Crippen LogP contribution in [0.3, 0.4) is 0 Å². The fourth-order valence-corrected chi connectivity index (χ4v) is 4.13. The Balaban J connectivity index is 1.56. The number of nitrogens with one attached hydrogen (secondary N) is 1. The Hall–Kier alpha value is -3.27. The number of anilines is 2. The van der Waals surface area contributed by atoms with Crippen LogP contribution < -0.4 is 10.2 Å². The van der Waals surface area contributed by atoms with Crippen molar-refractivity contribution < 1.29 is 9.53 Å².